The first-order valence-electron chi connectivity index (χ1n) is 10.4. The van der Waals surface area contributed by atoms with E-state index in [1.165, 1.54) is 10.5 Å². The van der Waals surface area contributed by atoms with Gasteiger partial charge in [0.1, 0.15) is 28.9 Å². The highest BCUT2D eigenvalue weighted by Gasteiger charge is 2.17. The number of benzene rings is 2. The van der Waals surface area contributed by atoms with E-state index in [1.807, 2.05) is 56.3 Å². The molecule has 0 saturated carbocycles. The Hall–Kier alpha value is -4.70. The molecule has 0 aliphatic rings. The molecule has 0 saturated heterocycles. The summed E-state index contributed by atoms with van der Waals surface area (Å²) in [5, 5.41) is 9.88. The molecule has 7 nitrogen and oxygen atoms in total. The minimum Gasteiger partial charge on any atom is -0.438 e. The summed E-state index contributed by atoms with van der Waals surface area (Å²) in [6.07, 6.45) is 3.11. The Balaban J connectivity index is 1.71. The monoisotopic (exact) mass is 433 g/mol. The molecule has 0 amide bonds. The molecule has 3 aromatic heterocycles. The number of allylic oxidation sites excluding steroid dienone is 1. The van der Waals surface area contributed by atoms with Gasteiger partial charge in [0.15, 0.2) is 0 Å². The molecule has 2 aromatic carbocycles. The number of aryl methyl sites for hydroxylation is 2. The molecule has 0 fully saturated rings. The fraction of sp³-hybridized carbons (Fsp3) is 0.0769. The third kappa shape index (κ3) is 3.86. The summed E-state index contributed by atoms with van der Waals surface area (Å²) >= 11 is 0. The Bertz CT molecular complexity index is 1600. The first kappa shape index (κ1) is 20.2. The number of H-pyrrole nitrogens is 1. The predicted molar refractivity (Wildman–Crippen MR) is 127 cm³/mol. The average molecular weight is 433 g/mol. The minimum absolute atomic E-state index is 0.125. The highest BCUT2D eigenvalue weighted by Crippen LogP contribution is 2.27. The van der Waals surface area contributed by atoms with E-state index >= 15 is 0 Å². The van der Waals surface area contributed by atoms with Crippen molar-refractivity contribution >= 4 is 28.3 Å². The van der Waals surface area contributed by atoms with Gasteiger partial charge in [-0.15, -0.1) is 0 Å². The van der Waals surface area contributed by atoms with Gasteiger partial charge in [0.25, 0.3) is 5.56 Å². The maximum Gasteiger partial charge on any atom is 0.269 e. The van der Waals surface area contributed by atoms with E-state index in [2.05, 4.69) is 21.0 Å². The molecule has 1 N–H and O–H groups in total. The van der Waals surface area contributed by atoms with Crippen LogP contribution in [-0.4, -0.2) is 19.4 Å². The van der Waals surface area contributed by atoms with Crippen LogP contribution in [0.15, 0.2) is 71.7 Å². The summed E-state index contributed by atoms with van der Waals surface area (Å²) in [4.78, 5) is 25.6. The molecule has 5 rings (SSSR count). The van der Waals surface area contributed by atoms with E-state index in [4.69, 9.17) is 4.74 Å². The Labute approximate surface area is 189 Å². The summed E-state index contributed by atoms with van der Waals surface area (Å²) in [5.41, 5.74) is 4.05. The Morgan fingerprint density at radius 1 is 1.06 bits per heavy atom. The first-order chi connectivity index (χ1) is 16.0. The third-order valence-electron chi connectivity index (χ3n) is 5.20. The molecule has 5 aromatic rings. The summed E-state index contributed by atoms with van der Waals surface area (Å²) in [6, 6.07) is 20.7. The Kier molecular flexibility index (Phi) is 4.96. The van der Waals surface area contributed by atoms with E-state index in [0.717, 1.165) is 22.2 Å². The van der Waals surface area contributed by atoms with E-state index in [0.29, 0.717) is 17.2 Å². The van der Waals surface area contributed by atoms with Crippen molar-refractivity contribution in [1.82, 2.24) is 19.4 Å². The van der Waals surface area contributed by atoms with Crippen molar-refractivity contribution in [2.24, 2.45) is 0 Å². The second-order valence-corrected chi connectivity index (χ2v) is 7.76. The zero-order valence-electron chi connectivity index (χ0n) is 18.0. The van der Waals surface area contributed by atoms with Crippen LogP contribution >= 0.6 is 0 Å². The summed E-state index contributed by atoms with van der Waals surface area (Å²) in [5.74, 6) is 1.06. The zero-order valence-corrected chi connectivity index (χ0v) is 18.0. The average Bonchev–Trinajstić information content (AvgIpc) is 3.22. The number of ether oxygens (including phenoxy) is 1. The lowest BCUT2D eigenvalue weighted by Gasteiger charge is -2.11. The number of aromatic amines is 1. The fourth-order valence-corrected chi connectivity index (χ4v) is 3.77. The molecule has 0 aliphatic carbocycles. The number of nitriles is 1. The third-order valence-corrected chi connectivity index (χ3v) is 5.20. The van der Waals surface area contributed by atoms with Crippen molar-refractivity contribution in [3.05, 3.63) is 99.7 Å². The van der Waals surface area contributed by atoms with Crippen LogP contribution in [0.2, 0.25) is 0 Å². The van der Waals surface area contributed by atoms with Crippen LogP contribution in [0.3, 0.4) is 0 Å². The summed E-state index contributed by atoms with van der Waals surface area (Å²) in [7, 11) is 0. The van der Waals surface area contributed by atoms with Crippen LogP contribution in [0.25, 0.3) is 28.3 Å². The maximum atomic E-state index is 13.4. The lowest BCUT2D eigenvalue weighted by molar-refractivity contribution is 0.460. The van der Waals surface area contributed by atoms with E-state index in [9.17, 15) is 10.1 Å². The van der Waals surface area contributed by atoms with Gasteiger partial charge in [-0.1, -0.05) is 24.3 Å². The quantitative estimate of drug-likeness (QED) is 0.400. The van der Waals surface area contributed by atoms with Crippen LogP contribution in [0.1, 0.15) is 22.5 Å². The number of hydrogen-bond donors (Lipinski definition) is 1. The number of hydrogen-bond acceptors (Lipinski definition) is 5. The van der Waals surface area contributed by atoms with E-state index < -0.39 is 0 Å². The molecule has 7 heteroatoms. The normalized spacial score (nSPS) is 11.6. The van der Waals surface area contributed by atoms with Crippen LogP contribution in [0.4, 0.5) is 0 Å². The second-order valence-electron chi connectivity index (χ2n) is 7.76. The highest BCUT2D eigenvalue weighted by molar-refractivity contribution is 5.91. The maximum absolute atomic E-state index is 13.4. The Morgan fingerprint density at radius 2 is 1.82 bits per heavy atom. The number of para-hydroxylation sites is 2. The molecule has 0 atom stereocenters. The van der Waals surface area contributed by atoms with Crippen molar-refractivity contribution in [3.8, 4) is 17.7 Å². The zero-order chi connectivity index (χ0) is 22.9. The number of pyridine rings is 1. The number of nitrogens with zero attached hydrogens (tertiary/aromatic N) is 4. The summed E-state index contributed by atoms with van der Waals surface area (Å²) < 4.78 is 7.52. The second kappa shape index (κ2) is 8.09. The number of fused-ring (bicyclic) bond motifs is 2. The van der Waals surface area contributed by atoms with Gasteiger partial charge >= 0.3 is 0 Å². The Morgan fingerprint density at radius 3 is 2.58 bits per heavy atom. The van der Waals surface area contributed by atoms with Crippen molar-refractivity contribution < 1.29 is 4.74 Å². The van der Waals surface area contributed by atoms with Crippen molar-refractivity contribution in [2.45, 2.75) is 13.8 Å². The molecule has 0 bridgehead atoms. The molecule has 0 unspecified atom stereocenters. The minimum atomic E-state index is -0.344. The molecule has 0 aliphatic heterocycles. The smallest absolute Gasteiger partial charge is 0.269 e. The van der Waals surface area contributed by atoms with Gasteiger partial charge in [-0.25, -0.2) is 4.98 Å². The number of rotatable bonds is 4. The topological polar surface area (TPSA) is 96.1 Å². The fourth-order valence-electron chi connectivity index (χ4n) is 3.77. The molecule has 3 heterocycles. The van der Waals surface area contributed by atoms with Gasteiger partial charge < -0.3 is 9.72 Å². The van der Waals surface area contributed by atoms with Crippen LogP contribution in [0.5, 0.6) is 11.6 Å². The largest absolute Gasteiger partial charge is 0.438 e. The van der Waals surface area contributed by atoms with Gasteiger partial charge in [-0.05, 0) is 67.4 Å². The number of imidazole rings is 1. The number of aromatic nitrogens is 4. The predicted octanol–water partition coefficient (Wildman–Crippen LogP) is 5.04. The van der Waals surface area contributed by atoms with Crippen molar-refractivity contribution in [1.29, 1.82) is 5.26 Å². The van der Waals surface area contributed by atoms with Gasteiger partial charge in [-0.2, -0.15) is 10.2 Å². The molecule has 160 valence electrons. The van der Waals surface area contributed by atoms with E-state index in [1.54, 1.807) is 24.4 Å². The van der Waals surface area contributed by atoms with Crippen molar-refractivity contribution in [3.63, 3.8) is 0 Å². The lowest BCUT2D eigenvalue weighted by Crippen LogP contribution is -2.18. The summed E-state index contributed by atoms with van der Waals surface area (Å²) in [6.45, 7) is 3.94. The molecule has 0 radical (unpaired) electrons. The molecule has 33 heavy (non-hydrogen) atoms. The lowest BCUT2D eigenvalue weighted by atomic mass is 10.1. The number of nitrogens with one attached hydrogen (secondary N) is 1. The van der Waals surface area contributed by atoms with Gasteiger partial charge in [0, 0.05) is 6.20 Å². The van der Waals surface area contributed by atoms with Gasteiger partial charge in [0.05, 0.1) is 16.6 Å². The van der Waals surface area contributed by atoms with Gasteiger partial charge in [-0.3, -0.25) is 9.20 Å². The van der Waals surface area contributed by atoms with Crippen LogP contribution in [-0.2, 0) is 0 Å². The molecular weight excluding hydrogens is 414 g/mol. The highest BCUT2D eigenvalue weighted by atomic mass is 16.5. The standard InChI is InChI=1S/C26H19N5O2/c1-16-11-17(2)13-19(12-16)33-25-20(26(32)31-10-6-5-9-23(31)30-25)14-18(15-27)24-28-21-7-3-4-8-22(21)29-24/h3-14H,1-2H3,(H,28,29)/b18-14+. The molecular formula is C26H19N5O2. The molecule has 0 spiro atoms. The van der Waals surface area contributed by atoms with Gasteiger partial charge in [0.2, 0.25) is 5.88 Å². The SMILES string of the molecule is Cc1cc(C)cc(Oc2nc3ccccn3c(=O)c2/C=C(\C#N)c2nc3ccccc3[nH]2)c1. The van der Waals surface area contributed by atoms with Crippen LogP contribution < -0.4 is 10.3 Å². The first-order valence-corrected chi connectivity index (χ1v) is 10.4. The van der Waals surface area contributed by atoms with Crippen molar-refractivity contribution in [2.75, 3.05) is 0 Å². The van der Waals surface area contributed by atoms with Crippen LogP contribution in [0, 0.1) is 25.2 Å². The van der Waals surface area contributed by atoms with E-state index in [-0.39, 0.29) is 22.6 Å².